The Morgan fingerprint density at radius 1 is 1.10 bits per heavy atom. The van der Waals surface area contributed by atoms with E-state index in [2.05, 4.69) is 45.0 Å². The third-order valence-corrected chi connectivity index (χ3v) is 4.10. The largest absolute Gasteiger partial charge is 0.372 e. The normalized spacial score (nSPS) is 16.3. The predicted octanol–water partition coefficient (Wildman–Crippen LogP) is 2.88. The lowest BCUT2D eigenvalue weighted by molar-refractivity contribution is 0.726. The van der Waals surface area contributed by atoms with E-state index in [0.29, 0.717) is 5.11 Å². The predicted molar refractivity (Wildman–Crippen MR) is 94.1 cm³/mol. The molecule has 0 aromatic heterocycles. The number of hydrazone groups is 1. The van der Waals surface area contributed by atoms with Gasteiger partial charge in [-0.2, -0.15) is 5.10 Å². The monoisotopic (exact) mass is 304 g/mol. The minimum absolute atomic E-state index is 0.524. The van der Waals surface area contributed by atoms with Crippen LogP contribution in [0.25, 0.3) is 0 Å². The van der Waals surface area contributed by atoms with Crippen LogP contribution >= 0.6 is 12.2 Å². The number of anilines is 1. The minimum atomic E-state index is 0.524. The molecule has 0 atom stereocenters. The molecule has 0 unspecified atom stereocenters. The van der Waals surface area contributed by atoms with E-state index in [1.807, 2.05) is 6.92 Å². The van der Waals surface area contributed by atoms with Crippen molar-refractivity contribution in [2.75, 3.05) is 25.0 Å². The first-order valence-electron chi connectivity index (χ1n) is 7.58. The molecule has 0 radical (unpaired) electrons. The van der Waals surface area contributed by atoms with E-state index in [0.717, 1.165) is 11.3 Å². The highest BCUT2D eigenvalue weighted by molar-refractivity contribution is 7.80. The van der Waals surface area contributed by atoms with Gasteiger partial charge in [-0.15, -0.1) is 0 Å². The summed E-state index contributed by atoms with van der Waals surface area (Å²) >= 11 is 5.01. The fourth-order valence-corrected chi connectivity index (χ4v) is 2.54. The molecule has 5 heteroatoms. The lowest BCUT2D eigenvalue weighted by Gasteiger charge is -2.22. The zero-order valence-corrected chi connectivity index (χ0v) is 13.7. The second-order valence-corrected chi connectivity index (χ2v) is 5.74. The Morgan fingerprint density at radius 3 is 2.29 bits per heavy atom. The Hall–Kier alpha value is -1.62. The van der Waals surface area contributed by atoms with Gasteiger partial charge in [0.05, 0.1) is 5.71 Å². The number of nitrogens with zero attached hydrogens (tertiary/aromatic N) is 2. The van der Waals surface area contributed by atoms with Gasteiger partial charge in [-0.1, -0.05) is 25.0 Å². The van der Waals surface area contributed by atoms with E-state index < -0.39 is 0 Å². The molecule has 2 rings (SSSR count). The van der Waals surface area contributed by atoms with Gasteiger partial charge in [0.15, 0.2) is 5.11 Å². The molecule has 0 aliphatic carbocycles. The molecule has 1 heterocycles. The van der Waals surface area contributed by atoms with Crippen molar-refractivity contribution >= 4 is 28.7 Å². The van der Waals surface area contributed by atoms with Crippen LogP contribution in [0, 0.1) is 0 Å². The molecule has 0 amide bonds. The van der Waals surface area contributed by atoms with Crippen LogP contribution in [-0.4, -0.2) is 31.0 Å². The topological polar surface area (TPSA) is 39.7 Å². The summed E-state index contributed by atoms with van der Waals surface area (Å²) in [7, 11) is 1.77. The Balaban J connectivity index is 2.02. The second kappa shape index (κ2) is 7.98. The summed E-state index contributed by atoms with van der Waals surface area (Å²) in [6.45, 7) is 4.32. The van der Waals surface area contributed by atoms with Crippen molar-refractivity contribution in [3.8, 4) is 0 Å². The van der Waals surface area contributed by atoms with Gasteiger partial charge in [-0.25, -0.2) is 0 Å². The van der Waals surface area contributed by atoms with Crippen LogP contribution in [0.15, 0.2) is 29.4 Å². The zero-order valence-electron chi connectivity index (χ0n) is 12.9. The number of nitrogens with one attached hydrogen (secondary N) is 2. The van der Waals surface area contributed by atoms with Crippen molar-refractivity contribution in [2.24, 2.45) is 5.10 Å². The van der Waals surface area contributed by atoms with Crippen molar-refractivity contribution in [3.63, 3.8) is 0 Å². The molecule has 21 heavy (non-hydrogen) atoms. The van der Waals surface area contributed by atoms with Crippen LogP contribution in [0.2, 0.25) is 0 Å². The van der Waals surface area contributed by atoms with Gasteiger partial charge in [0.2, 0.25) is 0 Å². The summed E-state index contributed by atoms with van der Waals surface area (Å²) in [5, 5.41) is 7.63. The Bertz CT molecular complexity index is 488. The van der Waals surface area contributed by atoms with E-state index >= 15 is 0 Å². The molecule has 114 valence electrons. The van der Waals surface area contributed by atoms with E-state index in [1.54, 1.807) is 7.05 Å². The number of thiocarbonyl (C=S) groups is 1. The second-order valence-electron chi connectivity index (χ2n) is 5.34. The number of benzene rings is 1. The van der Waals surface area contributed by atoms with Gasteiger partial charge in [-0.3, -0.25) is 5.43 Å². The molecule has 0 saturated carbocycles. The first kappa shape index (κ1) is 15.8. The quantitative estimate of drug-likeness (QED) is 0.512. The third kappa shape index (κ3) is 4.70. The van der Waals surface area contributed by atoms with Gasteiger partial charge in [0.1, 0.15) is 0 Å². The standard InChI is InChI=1S/C16H24N4S/c1-13(18-19-16(21)17-2)14-7-9-15(10-8-14)20-11-5-3-4-6-12-20/h7-10H,3-6,11-12H2,1-2H3,(H2,17,19,21). The maximum absolute atomic E-state index is 5.01. The fraction of sp³-hybridized carbons (Fsp3) is 0.500. The van der Waals surface area contributed by atoms with Gasteiger partial charge in [-0.05, 0) is 49.7 Å². The van der Waals surface area contributed by atoms with Crippen molar-refractivity contribution in [1.29, 1.82) is 0 Å². The summed E-state index contributed by atoms with van der Waals surface area (Å²) in [6, 6.07) is 8.64. The molecular weight excluding hydrogens is 280 g/mol. The lowest BCUT2D eigenvalue weighted by atomic mass is 10.1. The highest BCUT2D eigenvalue weighted by Crippen LogP contribution is 2.20. The molecule has 2 N–H and O–H groups in total. The van der Waals surface area contributed by atoms with Crippen LogP contribution < -0.4 is 15.6 Å². The highest BCUT2D eigenvalue weighted by Gasteiger charge is 2.09. The summed E-state index contributed by atoms with van der Waals surface area (Å²) < 4.78 is 0. The van der Waals surface area contributed by atoms with E-state index in [4.69, 9.17) is 12.2 Å². The molecule has 1 saturated heterocycles. The van der Waals surface area contributed by atoms with Crippen LogP contribution in [0.1, 0.15) is 38.2 Å². The summed E-state index contributed by atoms with van der Waals surface area (Å²) in [4.78, 5) is 2.48. The van der Waals surface area contributed by atoms with Crippen molar-refractivity contribution in [1.82, 2.24) is 10.7 Å². The molecule has 1 aliphatic heterocycles. The van der Waals surface area contributed by atoms with Gasteiger partial charge >= 0.3 is 0 Å². The maximum Gasteiger partial charge on any atom is 0.186 e. The Morgan fingerprint density at radius 2 is 1.71 bits per heavy atom. The Kier molecular flexibility index (Phi) is 5.99. The third-order valence-electron chi connectivity index (χ3n) is 3.81. The fourth-order valence-electron chi connectivity index (χ4n) is 2.50. The average Bonchev–Trinajstić information content (AvgIpc) is 2.81. The van der Waals surface area contributed by atoms with E-state index in [-0.39, 0.29) is 0 Å². The van der Waals surface area contributed by atoms with Crippen LogP contribution in [-0.2, 0) is 0 Å². The van der Waals surface area contributed by atoms with Gasteiger partial charge in [0, 0.05) is 25.8 Å². The van der Waals surface area contributed by atoms with Crippen LogP contribution in [0.3, 0.4) is 0 Å². The summed E-state index contributed by atoms with van der Waals surface area (Å²) in [5.74, 6) is 0. The summed E-state index contributed by atoms with van der Waals surface area (Å²) in [6.07, 6.45) is 5.32. The number of rotatable bonds is 3. The zero-order chi connectivity index (χ0) is 15.1. The smallest absolute Gasteiger partial charge is 0.186 e. The molecule has 1 aromatic carbocycles. The van der Waals surface area contributed by atoms with Crippen molar-refractivity contribution < 1.29 is 0 Å². The van der Waals surface area contributed by atoms with Crippen LogP contribution in [0.4, 0.5) is 5.69 Å². The first-order chi connectivity index (χ1) is 10.2. The average molecular weight is 304 g/mol. The summed E-state index contributed by atoms with van der Waals surface area (Å²) in [5.41, 5.74) is 6.16. The molecule has 0 spiro atoms. The SMILES string of the molecule is CNC(=S)NN=C(C)c1ccc(N2CCCCCC2)cc1. The van der Waals surface area contributed by atoms with Crippen LogP contribution in [0.5, 0.6) is 0 Å². The van der Waals surface area contributed by atoms with E-state index in [1.165, 1.54) is 44.5 Å². The van der Waals surface area contributed by atoms with E-state index in [9.17, 15) is 0 Å². The van der Waals surface area contributed by atoms with Gasteiger partial charge < -0.3 is 10.2 Å². The minimum Gasteiger partial charge on any atom is -0.372 e. The van der Waals surface area contributed by atoms with Crippen molar-refractivity contribution in [3.05, 3.63) is 29.8 Å². The maximum atomic E-state index is 5.01. The molecule has 1 aliphatic rings. The number of hydrogen-bond acceptors (Lipinski definition) is 3. The molecule has 4 nitrogen and oxygen atoms in total. The Labute approximate surface area is 132 Å². The van der Waals surface area contributed by atoms with Gasteiger partial charge in [0.25, 0.3) is 0 Å². The number of hydrogen-bond donors (Lipinski definition) is 2. The molecular formula is C16H24N4S. The first-order valence-corrected chi connectivity index (χ1v) is 7.99. The highest BCUT2D eigenvalue weighted by atomic mass is 32.1. The molecule has 1 fully saturated rings. The van der Waals surface area contributed by atoms with Crippen molar-refractivity contribution in [2.45, 2.75) is 32.6 Å². The lowest BCUT2D eigenvalue weighted by Crippen LogP contribution is -2.29. The molecule has 1 aromatic rings. The molecule has 0 bridgehead atoms.